The van der Waals surface area contributed by atoms with Crippen molar-refractivity contribution >= 4 is 27.3 Å². The van der Waals surface area contributed by atoms with Gasteiger partial charge in [0.1, 0.15) is 16.0 Å². The first-order valence-electron chi connectivity index (χ1n) is 8.88. The molecule has 27 heavy (non-hydrogen) atoms. The normalized spacial score (nSPS) is 12.7. The number of hydrogen-bond acceptors (Lipinski definition) is 5. The number of hydrogen-bond donors (Lipinski definition) is 2. The Morgan fingerprint density at radius 1 is 1.19 bits per heavy atom. The molecule has 1 atom stereocenters. The Bertz CT molecular complexity index is 816. The van der Waals surface area contributed by atoms with Crippen molar-refractivity contribution in [3.63, 3.8) is 0 Å². The number of ether oxygens (including phenoxy) is 1. The molecule has 0 bridgehead atoms. The highest BCUT2D eigenvalue weighted by molar-refractivity contribution is 7.91. The lowest BCUT2D eigenvalue weighted by molar-refractivity contribution is -0.123. The zero-order valence-corrected chi connectivity index (χ0v) is 17.4. The molecule has 0 radical (unpaired) electrons. The second-order valence-electron chi connectivity index (χ2n) is 6.49. The molecular weight excluding hydrogens is 384 g/mol. The fraction of sp³-hybridized carbons (Fsp3) is 0.421. The second kappa shape index (κ2) is 9.87. The Labute approximate surface area is 165 Å². The zero-order valence-electron chi connectivity index (χ0n) is 15.8. The molecule has 2 N–H and O–H groups in total. The lowest BCUT2D eigenvalue weighted by Crippen LogP contribution is -2.49. The molecule has 148 valence electrons. The van der Waals surface area contributed by atoms with E-state index in [0.29, 0.717) is 13.2 Å². The number of carbonyl (C=O) groups is 1. The number of thiophene rings is 1. The Morgan fingerprint density at radius 3 is 2.44 bits per heavy atom. The van der Waals surface area contributed by atoms with Crippen molar-refractivity contribution < 1.29 is 17.9 Å². The fourth-order valence-corrected chi connectivity index (χ4v) is 4.71. The van der Waals surface area contributed by atoms with Gasteiger partial charge in [-0.3, -0.25) is 4.79 Å². The molecule has 2 aromatic rings. The van der Waals surface area contributed by atoms with E-state index in [1.54, 1.807) is 25.3 Å². The van der Waals surface area contributed by atoms with Crippen molar-refractivity contribution in [3.8, 4) is 5.75 Å². The van der Waals surface area contributed by atoms with E-state index in [4.69, 9.17) is 4.74 Å². The first-order valence-corrected chi connectivity index (χ1v) is 11.2. The largest absolute Gasteiger partial charge is 0.494 e. The highest BCUT2D eigenvalue weighted by atomic mass is 32.2. The highest BCUT2D eigenvalue weighted by Gasteiger charge is 2.28. The zero-order chi connectivity index (χ0) is 19.9. The SMILES string of the molecule is CCCOc1ccc(CNC(=O)[C@H](NS(=O)(=O)c2cccs2)C(C)C)cc1. The van der Waals surface area contributed by atoms with Gasteiger partial charge in [-0.1, -0.05) is 39.0 Å². The Morgan fingerprint density at radius 2 is 1.89 bits per heavy atom. The van der Waals surface area contributed by atoms with Gasteiger partial charge in [0.2, 0.25) is 5.91 Å². The third-order valence-corrected chi connectivity index (χ3v) is 6.69. The average Bonchev–Trinajstić information content (AvgIpc) is 3.19. The van der Waals surface area contributed by atoms with E-state index in [2.05, 4.69) is 10.0 Å². The first kappa shape index (κ1) is 21.4. The van der Waals surface area contributed by atoms with Gasteiger partial charge in [0.05, 0.1) is 6.61 Å². The van der Waals surface area contributed by atoms with Crippen LogP contribution in [0.1, 0.15) is 32.8 Å². The lowest BCUT2D eigenvalue weighted by atomic mass is 10.0. The summed E-state index contributed by atoms with van der Waals surface area (Å²) in [6, 6.07) is 9.82. The quantitative estimate of drug-likeness (QED) is 0.630. The molecule has 0 aliphatic rings. The molecule has 0 spiro atoms. The van der Waals surface area contributed by atoms with E-state index in [1.807, 2.05) is 31.2 Å². The van der Waals surface area contributed by atoms with Gasteiger partial charge in [0.25, 0.3) is 10.0 Å². The fourth-order valence-electron chi connectivity index (χ4n) is 2.36. The van der Waals surface area contributed by atoms with Crippen molar-refractivity contribution in [2.24, 2.45) is 5.92 Å². The molecular formula is C19H26N2O4S2. The molecule has 1 amide bonds. The summed E-state index contributed by atoms with van der Waals surface area (Å²) in [4.78, 5) is 12.6. The summed E-state index contributed by atoms with van der Waals surface area (Å²) in [5, 5.41) is 4.50. The van der Waals surface area contributed by atoms with E-state index >= 15 is 0 Å². The van der Waals surface area contributed by atoms with Crippen LogP contribution in [-0.2, 0) is 21.4 Å². The molecule has 0 fully saturated rings. The van der Waals surface area contributed by atoms with Crippen molar-refractivity contribution in [1.29, 1.82) is 0 Å². The van der Waals surface area contributed by atoms with E-state index < -0.39 is 16.1 Å². The summed E-state index contributed by atoms with van der Waals surface area (Å²) >= 11 is 1.12. The van der Waals surface area contributed by atoms with Crippen LogP contribution in [0.15, 0.2) is 46.0 Å². The van der Waals surface area contributed by atoms with Gasteiger partial charge >= 0.3 is 0 Å². The van der Waals surface area contributed by atoms with Gasteiger partial charge < -0.3 is 10.1 Å². The summed E-state index contributed by atoms with van der Waals surface area (Å²) in [6.45, 7) is 6.64. The third-order valence-electron chi connectivity index (χ3n) is 3.85. The van der Waals surface area contributed by atoms with Gasteiger partial charge in [0.15, 0.2) is 0 Å². The topological polar surface area (TPSA) is 84.5 Å². The van der Waals surface area contributed by atoms with E-state index in [0.717, 1.165) is 29.1 Å². The third kappa shape index (κ3) is 6.34. The molecule has 8 heteroatoms. The number of rotatable bonds is 10. The maximum atomic E-state index is 12.6. The molecule has 1 aromatic carbocycles. The minimum Gasteiger partial charge on any atom is -0.494 e. The predicted molar refractivity (Wildman–Crippen MR) is 107 cm³/mol. The smallest absolute Gasteiger partial charge is 0.250 e. The molecule has 2 rings (SSSR count). The van der Waals surface area contributed by atoms with Crippen LogP contribution in [0.2, 0.25) is 0 Å². The Hall–Kier alpha value is -1.90. The van der Waals surface area contributed by atoms with E-state index in [9.17, 15) is 13.2 Å². The molecule has 0 aliphatic carbocycles. The van der Waals surface area contributed by atoms with Crippen molar-refractivity contribution in [2.75, 3.05) is 6.61 Å². The number of nitrogens with one attached hydrogen (secondary N) is 2. The van der Waals surface area contributed by atoms with Crippen molar-refractivity contribution in [1.82, 2.24) is 10.0 Å². The van der Waals surface area contributed by atoms with Gasteiger partial charge in [-0.25, -0.2) is 8.42 Å². The number of amides is 1. The van der Waals surface area contributed by atoms with Gasteiger partial charge in [-0.2, -0.15) is 4.72 Å². The van der Waals surface area contributed by atoms with Crippen LogP contribution < -0.4 is 14.8 Å². The molecule has 0 unspecified atom stereocenters. The maximum absolute atomic E-state index is 12.6. The highest BCUT2D eigenvalue weighted by Crippen LogP contribution is 2.17. The minimum absolute atomic E-state index is 0.190. The van der Waals surface area contributed by atoms with Crippen LogP contribution in [0.25, 0.3) is 0 Å². The Balaban J connectivity index is 1.97. The average molecular weight is 411 g/mol. The monoisotopic (exact) mass is 410 g/mol. The Kier molecular flexibility index (Phi) is 7.82. The van der Waals surface area contributed by atoms with E-state index in [1.165, 1.54) is 6.07 Å². The van der Waals surface area contributed by atoms with Crippen LogP contribution >= 0.6 is 11.3 Å². The number of sulfonamides is 1. The van der Waals surface area contributed by atoms with Crippen LogP contribution in [0.3, 0.4) is 0 Å². The molecule has 1 heterocycles. The van der Waals surface area contributed by atoms with Crippen LogP contribution in [-0.4, -0.2) is 27.0 Å². The number of carbonyl (C=O) groups excluding carboxylic acids is 1. The van der Waals surface area contributed by atoms with Crippen molar-refractivity contribution in [3.05, 3.63) is 47.3 Å². The standard InChI is InChI=1S/C19H26N2O4S2/c1-4-11-25-16-9-7-15(8-10-16)13-20-19(22)18(14(2)3)21-27(23,24)17-6-5-12-26-17/h5-10,12,14,18,21H,4,11,13H2,1-3H3,(H,20,22)/t18-/m1/s1. The molecule has 0 saturated carbocycles. The van der Waals surface area contributed by atoms with Crippen LogP contribution in [0.4, 0.5) is 0 Å². The van der Waals surface area contributed by atoms with Gasteiger partial charge in [0, 0.05) is 6.54 Å². The van der Waals surface area contributed by atoms with Crippen LogP contribution in [0.5, 0.6) is 5.75 Å². The summed E-state index contributed by atoms with van der Waals surface area (Å²) in [5.41, 5.74) is 0.913. The summed E-state index contributed by atoms with van der Waals surface area (Å²) < 4.78 is 33.1. The van der Waals surface area contributed by atoms with E-state index in [-0.39, 0.29) is 16.0 Å². The van der Waals surface area contributed by atoms with Crippen LogP contribution in [0, 0.1) is 5.92 Å². The van der Waals surface area contributed by atoms with Gasteiger partial charge in [-0.05, 0) is 41.5 Å². The summed E-state index contributed by atoms with van der Waals surface area (Å²) in [7, 11) is -3.71. The van der Waals surface area contributed by atoms with Crippen molar-refractivity contribution in [2.45, 2.75) is 44.0 Å². The molecule has 0 saturated heterocycles. The first-order chi connectivity index (χ1) is 12.8. The molecule has 1 aromatic heterocycles. The number of benzene rings is 1. The van der Waals surface area contributed by atoms with Gasteiger partial charge in [-0.15, -0.1) is 11.3 Å². The minimum atomic E-state index is -3.71. The molecule has 0 aliphatic heterocycles. The summed E-state index contributed by atoms with van der Waals surface area (Å²) in [5.74, 6) is 0.247. The summed E-state index contributed by atoms with van der Waals surface area (Å²) in [6.07, 6.45) is 0.940. The second-order valence-corrected chi connectivity index (χ2v) is 9.37. The molecule has 6 nitrogen and oxygen atoms in total. The lowest BCUT2D eigenvalue weighted by Gasteiger charge is -2.21. The maximum Gasteiger partial charge on any atom is 0.250 e. The predicted octanol–water partition coefficient (Wildman–Crippen LogP) is 3.16.